The molecule has 0 fully saturated rings. The highest BCUT2D eigenvalue weighted by atomic mass is 32.2. The van der Waals surface area contributed by atoms with Gasteiger partial charge >= 0.3 is 6.03 Å². The largest absolute Gasteiger partial charge is 0.331 e. The van der Waals surface area contributed by atoms with E-state index in [1.54, 1.807) is 13.8 Å². The average Bonchev–Trinajstić information content (AvgIpc) is 2.81. The quantitative estimate of drug-likeness (QED) is 0.767. The third-order valence-corrected chi connectivity index (χ3v) is 4.65. The van der Waals surface area contributed by atoms with E-state index in [1.807, 2.05) is 0 Å². The Labute approximate surface area is 139 Å². The van der Waals surface area contributed by atoms with E-state index in [4.69, 9.17) is 0 Å². The number of hydrogen-bond donors (Lipinski definition) is 3. The first kappa shape index (κ1) is 17.9. The lowest BCUT2D eigenvalue weighted by atomic mass is 10.2. The molecular weight excluding hydrogens is 337 g/mol. The first-order valence-corrected chi connectivity index (χ1v) is 8.97. The van der Waals surface area contributed by atoms with Gasteiger partial charge in [0, 0.05) is 17.0 Å². The van der Waals surface area contributed by atoms with Crippen LogP contribution in [-0.4, -0.2) is 32.2 Å². The minimum absolute atomic E-state index is 0.0464. The molecule has 3 N–H and O–H groups in total. The van der Waals surface area contributed by atoms with Crippen LogP contribution in [0.4, 0.5) is 20.6 Å². The van der Waals surface area contributed by atoms with Crippen LogP contribution in [0.15, 0.2) is 29.7 Å². The molecule has 0 unspecified atom stereocenters. The van der Waals surface area contributed by atoms with Crippen LogP contribution in [0.3, 0.4) is 0 Å². The molecule has 0 saturated carbocycles. The van der Waals surface area contributed by atoms with Gasteiger partial charge in [0.25, 0.3) is 0 Å². The summed E-state index contributed by atoms with van der Waals surface area (Å²) in [7, 11) is -3.27. The Morgan fingerprint density at radius 1 is 1.25 bits per heavy atom. The number of rotatable bonds is 4. The lowest BCUT2D eigenvalue weighted by Gasteiger charge is -2.13. The zero-order valence-corrected chi connectivity index (χ0v) is 14.0. The van der Waals surface area contributed by atoms with Crippen molar-refractivity contribution in [3.05, 3.63) is 35.5 Å². The van der Waals surface area contributed by atoms with Gasteiger partial charge in [-0.2, -0.15) is 0 Å². The van der Waals surface area contributed by atoms with Crippen LogP contribution in [0.1, 0.15) is 13.8 Å². The van der Waals surface area contributed by atoms with Crippen molar-refractivity contribution in [2.45, 2.75) is 19.9 Å². The van der Waals surface area contributed by atoms with Crippen LogP contribution in [0, 0.1) is 11.7 Å². The summed E-state index contributed by atoms with van der Waals surface area (Å²) in [5, 5.41) is 8.43. The molecule has 1 atom stereocenters. The van der Waals surface area contributed by atoms with E-state index in [1.165, 1.54) is 18.2 Å². The maximum Gasteiger partial charge on any atom is 0.319 e. The van der Waals surface area contributed by atoms with Crippen LogP contribution in [0.2, 0.25) is 0 Å². The van der Waals surface area contributed by atoms with Gasteiger partial charge in [-0.05, 0) is 24.3 Å². The molecule has 24 heavy (non-hydrogen) atoms. The number of hydrogen-bond acceptors (Lipinski definition) is 4. The van der Waals surface area contributed by atoms with Crippen molar-refractivity contribution in [2.75, 3.05) is 16.4 Å². The van der Waals surface area contributed by atoms with Crippen LogP contribution in [-0.2, 0) is 14.6 Å². The maximum atomic E-state index is 13.7. The lowest BCUT2D eigenvalue weighted by Crippen LogP contribution is -2.38. The fraction of sp³-hybridized carbons (Fsp3) is 0.333. The predicted molar refractivity (Wildman–Crippen MR) is 88.7 cm³/mol. The Kier molecular flexibility index (Phi) is 5.23. The monoisotopic (exact) mass is 355 g/mol. The standard InChI is InChI=1S/C15H18FN3O4S/c1-9(2)14(20)19-13-7-10(3-4-12(13)16)17-15(21)18-11-5-6-24(22,23)8-11/h3-7,9,11H,8H2,1-2H3,(H,19,20)(H2,17,18,21)/t11-/m0/s1. The average molecular weight is 355 g/mol. The second-order valence-corrected chi connectivity index (χ2v) is 7.63. The summed E-state index contributed by atoms with van der Waals surface area (Å²) in [6.45, 7) is 3.35. The molecule has 1 aliphatic rings. The summed E-state index contributed by atoms with van der Waals surface area (Å²) in [5.74, 6) is -1.49. The first-order valence-electron chi connectivity index (χ1n) is 7.25. The van der Waals surface area contributed by atoms with Crippen molar-refractivity contribution in [2.24, 2.45) is 5.92 Å². The van der Waals surface area contributed by atoms with Crippen molar-refractivity contribution in [3.8, 4) is 0 Å². The van der Waals surface area contributed by atoms with Gasteiger partial charge in [-0.25, -0.2) is 17.6 Å². The summed E-state index contributed by atoms with van der Waals surface area (Å²) in [6, 6.07) is 2.49. The third kappa shape index (κ3) is 4.79. The normalized spacial score (nSPS) is 18.4. The first-order chi connectivity index (χ1) is 11.2. The molecule has 1 heterocycles. The molecule has 0 bridgehead atoms. The lowest BCUT2D eigenvalue weighted by molar-refractivity contribution is -0.118. The fourth-order valence-corrected chi connectivity index (χ4v) is 3.21. The van der Waals surface area contributed by atoms with Gasteiger partial charge in [-0.1, -0.05) is 13.8 Å². The van der Waals surface area contributed by atoms with Crippen molar-refractivity contribution in [1.29, 1.82) is 0 Å². The zero-order chi connectivity index (χ0) is 17.9. The second kappa shape index (κ2) is 7.00. The summed E-state index contributed by atoms with van der Waals surface area (Å²) in [6.07, 6.45) is 1.38. The summed E-state index contributed by atoms with van der Waals surface area (Å²) < 4.78 is 36.3. The molecule has 9 heteroatoms. The van der Waals surface area contributed by atoms with Crippen LogP contribution < -0.4 is 16.0 Å². The van der Waals surface area contributed by atoms with E-state index in [0.717, 1.165) is 11.5 Å². The van der Waals surface area contributed by atoms with Crippen molar-refractivity contribution < 1.29 is 22.4 Å². The second-order valence-electron chi connectivity index (χ2n) is 5.70. The Bertz CT molecular complexity index is 790. The molecule has 0 aromatic heterocycles. The van der Waals surface area contributed by atoms with Gasteiger partial charge in [-0.15, -0.1) is 0 Å². The molecule has 1 aromatic rings. The van der Waals surface area contributed by atoms with E-state index in [2.05, 4.69) is 16.0 Å². The van der Waals surface area contributed by atoms with E-state index in [9.17, 15) is 22.4 Å². The number of carbonyl (C=O) groups excluding carboxylic acids is 2. The molecule has 7 nitrogen and oxygen atoms in total. The highest BCUT2D eigenvalue weighted by Gasteiger charge is 2.23. The number of carbonyl (C=O) groups is 2. The fourth-order valence-electron chi connectivity index (χ4n) is 1.98. The van der Waals surface area contributed by atoms with Crippen molar-refractivity contribution in [3.63, 3.8) is 0 Å². The van der Waals surface area contributed by atoms with Crippen LogP contribution >= 0.6 is 0 Å². The Morgan fingerprint density at radius 3 is 2.54 bits per heavy atom. The van der Waals surface area contributed by atoms with E-state index < -0.39 is 27.7 Å². The minimum atomic E-state index is -3.27. The van der Waals surface area contributed by atoms with Gasteiger partial charge in [0.05, 0.1) is 17.5 Å². The Morgan fingerprint density at radius 2 is 1.96 bits per heavy atom. The number of urea groups is 1. The van der Waals surface area contributed by atoms with Gasteiger partial charge in [0.15, 0.2) is 9.84 Å². The molecule has 0 spiro atoms. The maximum absolute atomic E-state index is 13.7. The Hall–Kier alpha value is -2.42. The topological polar surface area (TPSA) is 104 Å². The Balaban J connectivity index is 2.01. The number of benzene rings is 1. The summed E-state index contributed by atoms with van der Waals surface area (Å²) in [4.78, 5) is 23.5. The molecule has 3 amide bonds. The van der Waals surface area contributed by atoms with E-state index in [0.29, 0.717) is 0 Å². The number of halogens is 1. The molecule has 0 saturated heterocycles. The highest BCUT2D eigenvalue weighted by Crippen LogP contribution is 2.20. The molecule has 1 aliphatic heterocycles. The number of amides is 3. The van der Waals surface area contributed by atoms with E-state index in [-0.39, 0.29) is 29.0 Å². The van der Waals surface area contributed by atoms with E-state index >= 15 is 0 Å². The minimum Gasteiger partial charge on any atom is -0.331 e. The SMILES string of the molecule is CC(C)C(=O)Nc1cc(NC(=O)N[C@H]2C=CS(=O)(=O)C2)ccc1F. The summed E-state index contributed by atoms with van der Waals surface area (Å²) in [5.41, 5.74) is 0.215. The molecule has 0 radical (unpaired) electrons. The zero-order valence-electron chi connectivity index (χ0n) is 13.2. The molecule has 1 aromatic carbocycles. The molecule has 0 aliphatic carbocycles. The predicted octanol–water partition coefficient (Wildman–Crippen LogP) is 1.85. The highest BCUT2D eigenvalue weighted by molar-refractivity contribution is 7.94. The van der Waals surface area contributed by atoms with Crippen LogP contribution in [0.25, 0.3) is 0 Å². The smallest absolute Gasteiger partial charge is 0.319 e. The molecular formula is C15H18FN3O4S. The number of nitrogens with one attached hydrogen (secondary N) is 3. The van der Waals surface area contributed by atoms with Crippen LogP contribution in [0.5, 0.6) is 0 Å². The molecule has 130 valence electrons. The number of anilines is 2. The van der Waals surface area contributed by atoms with Gasteiger partial charge in [0.2, 0.25) is 5.91 Å². The van der Waals surface area contributed by atoms with Gasteiger partial charge in [0.1, 0.15) is 5.82 Å². The number of sulfone groups is 1. The van der Waals surface area contributed by atoms with Gasteiger partial charge < -0.3 is 16.0 Å². The molecule has 2 rings (SSSR count). The summed E-state index contributed by atoms with van der Waals surface area (Å²) >= 11 is 0. The van der Waals surface area contributed by atoms with Crippen molar-refractivity contribution in [1.82, 2.24) is 5.32 Å². The van der Waals surface area contributed by atoms with Crippen molar-refractivity contribution >= 4 is 33.2 Å². The van der Waals surface area contributed by atoms with Gasteiger partial charge in [-0.3, -0.25) is 4.79 Å². The third-order valence-electron chi connectivity index (χ3n) is 3.25.